The normalized spacial score (nSPS) is 10.1. The van der Waals surface area contributed by atoms with Crippen molar-refractivity contribution in [2.45, 2.75) is 0 Å². The maximum Gasteiger partial charge on any atom is 0.262 e. The lowest BCUT2D eigenvalue weighted by Gasteiger charge is -2.09. The van der Waals surface area contributed by atoms with Crippen LogP contribution in [0.25, 0.3) is 0 Å². The number of nitrogen functional groups attached to an aromatic ring is 1. The highest BCUT2D eigenvalue weighted by atomic mass is 19.1. The molecule has 0 saturated carbocycles. The summed E-state index contributed by atoms with van der Waals surface area (Å²) < 4.78 is 31.5. The van der Waals surface area contributed by atoms with Gasteiger partial charge in [-0.1, -0.05) is 18.2 Å². The fourth-order valence-corrected chi connectivity index (χ4v) is 1.52. The first-order valence-corrected chi connectivity index (χ1v) is 5.78. The highest BCUT2D eigenvalue weighted by Gasteiger charge is 2.11. The highest BCUT2D eigenvalue weighted by Crippen LogP contribution is 2.22. The second-order valence-electron chi connectivity index (χ2n) is 4.01. The standard InChI is InChI=1S/C14H12F2N2O2/c15-10-7-13(11(16)6-12(10)17)20-8-14(19)18-9-4-2-1-3-5-9/h1-7H,8,17H2,(H,18,19). The number of hydrogen-bond donors (Lipinski definition) is 2. The Kier molecular flexibility index (Phi) is 4.14. The average Bonchev–Trinajstić information content (AvgIpc) is 2.42. The van der Waals surface area contributed by atoms with Crippen LogP contribution in [0.15, 0.2) is 42.5 Å². The summed E-state index contributed by atoms with van der Waals surface area (Å²) in [4.78, 5) is 11.6. The van der Waals surface area contributed by atoms with E-state index in [-0.39, 0.29) is 11.4 Å². The Morgan fingerprint density at radius 2 is 1.85 bits per heavy atom. The molecule has 20 heavy (non-hydrogen) atoms. The van der Waals surface area contributed by atoms with E-state index < -0.39 is 24.1 Å². The molecule has 3 N–H and O–H groups in total. The van der Waals surface area contributed by atoms with E-state index in [9.17, 15) is 13.6 Å². The van der Waals surface area contributed by atoms with E-state index in [1.165, 1.54) is 0 Å². The number of anilines is 2. The lowest BCUT2D eigenvalue weighted by atomic mass is 10.3. The van der Waals surface area contributed by atoms with Crippen molar-refractivity contribution in [2.75, 3.05) is 17.7 Å². The summed E-state index contributed by atoms with van der Waals surface area (Å²) in [6.07, 6.45) is 0. The number of carbonyl (C=O) groups is 1. The Hall–Kier alpha value is -2.63. The topological polar surface area (TPSA) is 64.3 Å². The quantitative estimate of drug-likeness (QED) is 0.845. The minimum Gasteiger partial charge on any atom is -0.481 e. The fourth-order valence-electron chi connectivity index (χ4n) is 1.52. The first kappa shape index (κ1) is 13.8. The minimum atomic E-state index is -0.823. The second-order valence-corrected chi connectivity index (χ2v) is 4.01. The van der Waals surface area contributed by atoms with Crippen LogP contribution in [0, 0.1) is 11.6 Å². The van der Waals surface area contributed by atoms with Gasteiger partial charge in [-0.05, 0) is 12.1 Å². The molecule has 2 rings (SSSR count). The van der Waals surface area contributed by atoms with Crippen molar-refractivity contribution in [1.29, 1.82) is 0 Å². The van der Waals surface area contributed by atoms with Crippen LogP contribution in [0.1, 0.15) is 0 Å². The van der Waals surface area contributed by atoms with Crippen molar-refractivity contribution in [1.82, 2.24) is 0 Å². The molecule has 0 saturated heterocycles. The average molecular weight is 278 g/mol. The zero-order chi connectivity index (χ0) is 14.5. The molecular weight excluding hydrogens is 266 g/mol. The molecule has 0 heterocycles. The first-order chi connectivity index (χ1) is 9.56. The van der Waals surface area contributed by atoms with Gasteiger partial charge in [0.05, 0.1) is 5.69 Å². The molecule has 0 spiro atoms. The molecule has 2 aromatic rings. The number of amides is 1. The van der Waals surface area contributed by atoms with Crippen LogP contribution in [0.3, 0.4) is 0 Å². The second kappa shape index (κ2) is 6.01. The van der Waals surface area contributed by atoms with Gasteiger partial charge in [-0.25, -0.2) is 8.78 Å². The third-order valence-electron chi connectivity index (χ3n) is 2.47. The number of benzene rings is 2. The van der Waals surface area contributed by atoms with E-state index in [2.05, 4.69) is 5.32 Å². The van der Waals surface area contributed by atoms with E-state index in [1.807, 2.05) is 0 Å². The van der Waals surface area contributed by atoms with Crippen LogP contribution in [0.4, 0.5) is 20.2 Å². The summed E-state index contributed by atoms with van der Waals surface area (Å²) in [7, 11) is 0. The zero-order valence-electron chi connectivity index (χ0n) is 10.4. The molecule has 0 aliphatic heterocycles. The smallest absolute Gasteiger partial charge is 0.262 e. The van der Waals surface area contributed by atoms with Crippen LogP contribution >= 0.6 is 0 Å². The van der Waals surface area contributed by atoms with E-state index >= 15 is 0 Å². The van der Waals surface area contributed by atoms with Gasteiger partial charge < -0.3 is 15.8 Å². The summed E-state index contributed by atoms with van der Waals surface area (Å²) in [6, 6.07) is 10.3. The van der Waals surface area contributed by atoms with Gasteiger partial charge in [0.1, 0.15) is 5.82 Å². The van der Waals surface area contributed by atoms with Crippen LogP contribution < -0.4 is 15.8 Å². The van der Waals surface area contributed by atoms with Gasteiger partial charge in [-0.2, -0.15) is 0 Å². The van der Waals surface area contributed by atoms with Crippen molar-refractivity contribution in [2.24, 2.45) is 0 Å². The molecule has 0 aliphatic rings. The molecule has 104 valence electrons. The number of rotatable bonds is 4. The zero-order valence-corrected chi connectivity index (χ0v) is 10.4. The molecule has 2 aromatic carbocycles. The number of halogens is 2. The third-order valence-corrected chi connectivity index (χ3v) is 2.47. The number of ether oxygens (including phenoxy) is 1. The molecule has 0 bridgehead atoms. The molecule has 0 fully saturated rings. The largest absolute Gasteiger partial charge is 0.481 e. The van der Waals surface area contributed by atoms with Crippen LogP contribution in [0.2, 0.25) is 0 Å². The Bertz CT molecular complexity index is 618. The fraction of sp³-hybridized carbons (Fsp3) is 0.0714. The lowest BCUT2D eigenvalue weighted by Crippen LogP contribution is -2.20. The molecule has 0 unspecified atom stereocenters. The molecule has 0 aromatic heterocycles. The number of hydrogen-bond acceptors (Lipinski definition) is 3. The maximum atomic E-state index is 13.4. The number of para-hydroxylation sites is 1. The number of nitrogens with two attached hydrogens (primary N) is 1. The highest BCUT2D eigenvalue weighted by molar-refractivity contribution is 5.91. The maximum absolute atomic E-state index is 13.4. The van der Waals surface area contributed by atoms with E-state index in [4.69, 9.17) is 10.5 Å². The number of nitrogens with one attached hydrogen (secondary N) is 1. The van der Waals surface area contributed by atoms with Crippen molar-refractivity contribution in [3.8, 4) is 5.75 Å². The molecule has 1 amide bonds. The molecular formula is C14H12F2N2O2. The summed E-state index contributed by atoms with van der Waals surface area (Å²) in [5.74, 6) is -2.46. The number of carbonyl (C=O) groups excluding carboxylic acids is 1. The Labute approximate surface area is 114 Å². The predicted molar refractivity (Wildman–Crippen MR) is 71.3 cm³/mol. The Balaban J connectivity index is 1.95. The van der Waals surface area contributed by atoms with Crippen LogP contribution in [-0.4, -0.2) is 12.5 Å². The van der Waals surface area contributed by atoms with Crippen molar-refractivity contribution >= 4 is 17.3 Å². The van der Waals surface area contributed by atoms with E-state index in [0.717, 1.165) is 12.1 Å². The SMILES string of the molecule is Nc1cc(F)c(OCC(=O)Nc2ccccc2)cc1F. The van der Waals surface area contributed by atoms with Gasteiger partial charge in [0.15, 0.2) is 18.2 Å². The third kappa shape index (κ3) is 3.44. The van der Waals surface area contributed by atoms with Gasteiger partial charge in [0.25, 0.3) is 5.91 Å². The van der Waals surface area contributed by atoms with E-state index in [0.29, 0.717) is 5.69 Å². The van der Waals surface area contributed by atoms with Crippen molar-refractivity contribution in [3.63, 3.8) is 0 Å². The lowest BCUT2D eigenvalue weighted by molar-refractivity contribution is -0.118. The van der Waals surface area contributed by atoms with Gasteiger partial charge in [0.2, 0.25) is 0 Å². The summed E-state index contributed by atoms with van der Waals surface area (Å²) in [5.41, 5.74) is 5.47. The molecule has 0 aliphatic carbocycles. The minimum absolute atomic E-state index is 0.316. The molecule has 0 radical (unpaired) electrons. The van der Waals surface area contributed by atoms with Crippen molar-refractivity contribution in [3.05, 3.63) is 54.1 Å². The first-order valence-electron chi connectivity index (χ1n) is 5.78. The monoisotopic (exact) mass is 278 g/mol. The molecule has 0 atom stereocenters. The summed E-state index contributed by atoms with van der Waals surface area (Å²) in [6.45, 7) is -0.435. The molecule has 4 nitrogen and oxygen atoms in total. The van der Waals surface area contributed by atoms with Crippen molar-refractivity contribution < 1.29 is 18.3 Å². The Morgan fingerprint density at radius 3 is 2.55 bits per heavy atom. The van der Waals surface area contributed by atoms with Gasteiger partial charge >= 0.3 is 0 Å². The van der Waals surface area contributed by atoms with Crippen LogP contribution in [0.5, 0.6) is 5.75 Å². The van der Waals surface area contributed by atoms with Gasteiger partial charge in [0, 0.05) is 17.8 Å². The Morgan fingerprint density at radius 1 is 1.15 bits per heavy atom. The van der Waals surface area contributed by atoms with Crippen LogP contribution in [-0.2, 0) is 4.79 Å². The van der Waals surface area contributed by atoms with E-state index in [1.54, 1.807) is 30.3 Å². The van der Waals surface area contributed by atoms with Gasteiger partial charge in [-0.15, -0.1) is 0 Å². The predicted octanol–water partition coefficient (Wildman–Crippen LogP) is 2.56. The summed E-state index contributed by atoms with van der Waals surface area (Å²) >= 11 is 0. The molecule has 6 heteroatoms. The van der Waals surface area contributed by atoms with Gasteiger partial charge in [-0.3, -0.25) is 4.79 Å². The summed E-state index contributed by atoms with van der Waals surface area (Å²) in [5, 5.41) is 2.55.